The summed E-state index contributed by atoms with van der Waals surface area (Å²) < 4.78 is 105. The summed E-state index contributed by atoms with van der Waals surface area (Å²) in [6, 6.07) is 3.61. The van der Waals surface area contributed by atoms with Gasteiger partial charge in [0.15, 0.2) is 0 Å². The van der Waals surface area contributed by atoms with Gasteiger partial charge in [-0.3, -0.25) is 4.98 Å². The summed E-state index contributed by atoms with van der Waals surface area (Å²) in [5.41, 5.74) is -2.28. The molecule has 0 spiro atoms. The molecule has 31 heavy (non-hydrogen) atoms. The molecule has 3 aromatic rings. The van der Waals surface area contributed by atoms with Crippen LogP contribution >= 0.6 is 11.3 Å². The Morgan fingerprint density at radius 1 is 1.03 bits per heavy atom. The first-order valence-corrected chi connectivity index (χ1v) is 10.7. The van der Waals surface area contributed by atoms with Crippen molar-refractivity contribution < 1.29 is 34.8 Å². The van der Waals surface area contributed by atoms with E-state index in [1.54, 1.807) is 31.5 Å². The smallest absolute Gasteiger partial charge is 0.264 e. The van der Waals surface area contributed by atoms with E-state index in [0.717, 1.165) is 11.3 Å². The lowest BCUT2D eigenvalue weighted by Crippen LogP contribution is -2.24. The lowest BCUT2D eigenvalue weighted by atomic mass is 10.1. The van der Waals surface area contributed by atoms with Crippen molar-refractivity contribution in [1.82, 2.24) is 14.7 Å². The molecule has 0 bridgehead atoms. The topological polar surface area (TPSA) is 72.0 Å². The molecular formula is C18H13F6N3O2S2. The predicted molar refractivity (Wildman–Crippen MR) is 101 cm³/mol. The molecule has 2 aromatic heterocycles. The number of alkyl halides is 6. The molecule has 13 heteroatoms. The Kier molecular flexibility index (Phi) is 6.13. The average molecular weight is 481 g/mol. The Bertz CT molecular complexity index is 1160. The quantitative estimate of drug-likeness (QED) is 0.519. The minimum Gasteiger partial charge on any atom is -0.264 e. The number of benzene rings is 1. The number of sulfonamides is 1. The van der Waals surface area contributed by atoms with Gasteiger partial charge in [0, 0.05) is 29.4 Å². The number of hydrogen-bond acceptors (Lipinski definition) is 5. The SMILES string of the molecule is Cc1nc(-c2cccnc2)sc1CNS(=O)(=O)c1cc(C(F)(F)F)cc(C(F)(F)F)c1. The van der Waals surface area contributed by atoms with Crippen LogP contribution in [0.4, 0.5) is 26.3 Å². The molecule has 0 amide bonds. The second-order valence-corrected chi connectivity index (χ2v) is 9.19. The van der Waals surface area contributed by atoms with Crippen molar-refractivity contribution in [3.63, 3.8) is 0 Å². The number of aryl methyl sites for hydroxylation is 1. The fourth-order valence-corrected chi connectivity index (χ4v) is 4.68. The average Bonchev–Trinajstić information content (AvgIpc) is 3.06. The highest BCUT2D eigenvalue weighted by atomic mass is 32.2. The summed E-state index contributed by atoms with van der Waals surface area (Å²) in [6.07, 6.45) is -7.20. The maximum atomic E-state index is 13.0. The van der Waals surface area contributed by atoms with Gasteiger partial charge in [0.1, 0.15) is 5.01 Å². The Labute approximate surface area is 176 Å². The van der Waals surface area contributed by atoms with E-state index >= 15 is 0 Å². The van der Waals surface area contributed by atoms with Gasteiger partial charge in [0.2, 0.25) is 10.0 Å². The largest absolute Gasteiger partial charge is 0.416 e. The highest BCUT2D eigenvalue weighted by molar-refractivity contribution is 7.89. The molecule has 0 atom stereocenters. The fourth-order valence-electron chi connectivity index (χ4n) is 2.53. The van der Waals surface area contributed by atoms with Gasteiger partial charge in [-0.1, -0.05) is 0 Å². The molecule has 166 valence electrons. The lowest BCUT2D eigenvalue weighted by Gasteiger charge is -2.14. The van der Waals surface area contributed by atoms with Crippen molar-refractivity contribution in [3.8, 4) is 10.6 Å². The van der Waals surface area contributed by atoms with E-state index in [1.807, 2.05) is 4.72 Å². The summed E-state index contributed by atoms with van der Waals surface area (Å²) in [6.45, 7) is 1.25. The molecule has 1 aromatic carbocycles. The van der Waals surface area contributed by atoms with E-state index in [9.17, 15) is 34.8 Å². The first-order chi connectivity index (χ1) is 14.3. The van der Waals surface area contributed by atoms with Crippen LogP contribution < -0.4 is 4.72 Å². The number of thiazole rings is 1. The lowest BCUT2D eigenvalue weighted by molar-refractivity contribution is -0.143. The first kappa shape index (κ1) is 23.2. The number of nitrogens with zero attached hydrogens (tertiary/aromatic N) is 2. The van der Waals surface area contributed by atoms with Crippen LogP contribution in [0.1, 0.15) is 21.7 Å². The third-order valence-corrected chi connectivity index (χ3v) is 6.68. The maximum absolute atomic E-state index is 13.0. The van der Waals surface area contributed by atoms with Gasteiger partial charge in [0.25, 0.3) is 0 Å². The van der Waals surface area contributed by atoms with Crippen LogP contribution in [0, 0.1) is 6.92 Å². The molecule has 0 unspecified atom stereocenters. The molecule has 0 aliphatic rings. The maximum Gasteiger partial charge on any atom is 0.416 e. The monoisotopic (exact) mass is 481 g/mol. The van der Waals surface area contributed by atoms with Crippen LogP contribution in [0.15, 0.2) is 47.6 Å². The summed E-state index contributed by atoms with van der Waals surface area (Å²) in [7, 11) is -4.68. The summed E-state index contributed by atoms with van der Waals surface area (Å²) in [5, 5.41) is 0.540. The van der Waals surface area contributed by atoms with Gasteiger partial charge in [-0.15, -0.1) is 11.3 Å². The zero-order valence-corrected chi connectivity index (χ0v) is 17.2. The van der Waals surface area contributed by atoms with Crippen molar-refractivity contribution in [3.05, 3.63) is 64.4 Å². The minimum absolute atomic E-state index is 0.132. The van der Waals surface area contributed by atoms with E-state index in [4.69, 9.17) is 0 Å². The second kappa shape index (κ2) is 8.20. The molecule has 1 N–H and O–H groups in total. The van der Waals surface area contributed by atoms with Crippen LogP contribution in [0.3, 0.4) is 0 Å². The molecule has 3 rings (SSSR count). The third kappa shape index (κ3) is 5.40. The summed E-state index contributed by atoms with van der Waals surface area (Å²) in [5.74, 6) is 0. The third-order valence-electron chi connectivity index (χ3n) is 4.10. The highest BCUT2D eigenvalue weighted by Gasteiger charge is 2.38. The number of rotatable bonds is 5. The zero-order valence-electron chi connectivity index (χ0n) is 15.5. The Morgan fingerprint density at radius 2 is 1.65 bits per heavy atom. The van der Waals surface area contributed by atoms with E-state index in [2.05, 4.69) is 9.97 Å². The van der Waals surface area contributed by atoms with Crippen LogP contribution in [0.5, 0.6) is 0 Å². The van der Waals surface area contributed by atoms with Gasteiger partial charge in [-0.2, -0.15) is 26.3 Å². The molecule has 0 aliphatic heterocycles. The number of pyridine rings is 1. The van der Waals surface area contributed by atoms with Crippen molar-refractivity contribution in [2.45, 2.75) is 30.7 Å². The highest BCUT2D eigenvalue weighted by Crippen LogP contribution is 2.37. The molecule has 0 aliphatic carbocycles. The van der Waals surface area contributed by atoms with Gasteiger partial charge >= 0.3 is 12.4 Å². The van der Waals surface area contributed by atoms with E-state index in [0.29, 0.717) is 21.1 Å². The van der Waals surface area contributed by atoms with Gasteiger partial charge in [-0.25, -0.2) is 18.1 Å². The van der Waals surface area contributed by atoms with Crippen LogP contribution in [-0.2, 0) is 28.9 Å². The van der Waals surface area contributed by atoms with Crippen molar-refractivity contribution in [2.24, 2.45) is 0 Å². The Hall–Kier alpha value is -2.51. The normalized spacial score (nSPS) is 12.9. The molecule has 0 radical (unpaired) electrons. The molecule has 0 fully saturated rings. The number of nitrogens with one attached hydrogen (secondary N) is 1. The van der Waals surface area contributed by atoms with E-state index < -0.39 is 38.4 Å². The number of aromatic nitrogens is 2. The summed E-state index contributed by atoms with van der Waals surface area (Å²) >= 11 is 1.13. The second-order valence-electron chi connectivity index (χ2n) is 6.34. The molecular weight excluding hydrogens is 468 g/mol. The van der Waals surface area contributed by atoms with Crippen molar-refractivity contribution in [1.29, 1.82) is 0 Å². The first-order valence-electron chi connectivity index (χ1n) is 8.43. The zero-order chi connectivity index (χ0) is 23.0. The van der Waals surface area contributed by atoms with E-state index in [1.165, 1.54) is 0 Å². The number of halogens is 6. The Balaban J connectivity index is 1.90. The van der Waals surface area contributed by atoms with Crippen LogP contribution in [-0.4, -0.2) is 18.4 Å². The van der Waals surface area contributed by atoms with Gasteiger partial charge in [0.05, 0.1) is 21.7 Å². The van der Waals surface area contributed by atoms with E-state index in [-0.39, 0.29) is 24.7 Å². The predicted octanol–water partition coefficient (Wildman–Crippen LogP) is 5.03. The Morgan fingerprint density at radius 3 is 2.16 bits per heavy atom. The minimum atomic E-state index is -5.15. The molecule has 2 heterocycles. The molecule has 0 saturated heterocycles. The fraction of sp³-hybridized carbons (Fsp3) is 0.222. The van der Waals surface area contributed by atoms with Gasteiger partial charge < -0.3 is 0 Å². The van der Waals surface area contributed by atoms with Crippen molar-refractivity contribution in [2.75, 3.05) is 0 Å². The molecule has 5 nitrogen and oxygen atoms in total. The van der Waals surface area contributed by atoms with Crippen LogP contribution in [0.2, 0.25) is 0 Å². The number of hydrogen-bond donors (Lipinski definition) is 1. The molecule has 0 saturated carbocycles. The standard InChI is InChI=1S/C18H13F6N3O2S2/c1-10-15(30-16(27-10)11-3-2-4-25-8-11)9-26-31(28,29)14-6-12(17(19,20)21)5-13(7-14)18(22,23)24/h2-8,26H,9H2,1H3. The van der Waals surface area contributed by atoms with Crippen molar-refractivity contribution >= 4 is 21.4 Å². The van der Waals surface area contributed by atoms with Crippen LogP contribution in [0.25, 0.3) is 10.6 Å². The van der Waals surface area contributed by atoms with Gasteiger partial charge in [-0.05, 0) is 37.3 Å². The summed E-state index contributed by atoms with van der Waals surface area (Å²) in [4.78, 5) is 7.56.